The standard InChI is InChI=1S/C17H24N2O2.ClH/c1-13-12-19(10-9-18-13)17(20)14-5-4-8-16(11-14)21-15-6-2-3-7-15;/h4-5,8,11,13,15,18H,2-3,6-7,9-10,12H2,1H3;1H. The van der Waals surface area contributed by atoms with Crippen LogP contribution < -0.4 is 10.1 Å². The Morgan fingerprint density at radius 3 is 2.82 bits per heavy atom. The van der Waals surface area contributed by atoms with Gasteiger partial charge >= 0.3 is 0 Å². The first kappa shape index (κ1) is 17.1. The molecule has 1 aromatic rings. The lowest BCUT2D eigenvalue weighted by Gasteiger charge is -2.32. The number of hydrogen-bond acceptors (Lipinski definition) is 3. The van der Waals surface area contributed by atoms with Gasteiger partial charge in [-0.15, -0.1) is 12.4 Å². The zero-order chi connectivity index (χ0) is 14.7. The smallest absolute Gasteiger partial charge is 0.254 e. The molecule has 1 heterocycles. The lowest BCUT2D eigenvalue weighted by atomic mass is 10.1. The lowest BCUT2D eigenvalue weighted by molar-refractivity contribution is 0.0708. The molecule has 3 rings (SSSR count). The Morgan fingerprint density at radius 1 is 1.32 bits per heavy atom. The number of ether oxygens (including phenoxy) is 1. The van der Waals surface area contributed by atoms with Crippen LogP contribution in [0.15, 0.2) is 24.3 Å². The third-order valence-corrected chi connectivity index (χ3v) is 4.34. The van der Waals surface area contributed by atoms with Crippen LogP contribution in [-0.4, -0.2) is 42.6 Å². The third kappa shape index (κ3) is 4.14. The summed E-state index contributed by atoms with van der Waals surface area (Å²) in [6, 6.07) is 8.02. The second-order valence-electron chi connectivity index (χ2n) is 6.16. The van der Waals surface area contributed by atoms with Gasteiger partial charge in [0, 0.05) is 31.2 Å². The molecule has 5 heteroatoms. The quantitative estimate of drug-likeness (QED) is 0.929. The van der Waals surface area contributed by atoms with E-state index in [1.165, 1.54) is 12.8 Å². The van der Waals surface area contributed by atoms with Crippen LogP contribution in [0.2, 0.25) is 0 Å². The van der Waals surface area contributed by atoms with E-state index in [-0.39, 0.29) is 18.3 Å². The Kier molecular flexibility index (Phi) is 6.09. The molecule has 0 radical (unpaired) electrons. The summed E-state index contributed by atoms with van der Waals surface area (Å²) in [5.41, 5.74) is 0.736. The number of hydrogen-bond donors (Lipinski definition) is 1. The van der Waals surface area contributed by atoms with Crippen LogP contribution in [0.3, 0.4) is 0 Å². The Balaban J connectivity index is 0.00000176. The third-order valence-electron chi connectivity index (χ3n) is 4.34. The van der Waals surface area contributed by atoms with Crippen molar-refractivity contribution >= 4 is 18.3 Å². The van der Waals surface area contributed by atoms with Gasteiger partial charge < -0.3 is 15.0 Å². The zero-order valence-electron chi connectivity index (χ0n) is 13.1. The first-order chi connectivity index (χ1) is 10.2. The normalized spacial score (nSPS) is 22.2. The van der Waals surface area contributed by atoms with E-state index >= 15 is 0 Å². The van der Waals surface area contributed by atoms with E-state index in [0.717, 1.165) is 43.8 Å². The molecule has 2 aliphatic rings. The van der Waals surface area contributed by atoms with Crippen LogP contribution in [0.4, 0.5) is 0 Å². The van der Waals surface area contributed by atoms with Gasteiger partial charge in [0.2, 0.25) is 0 Å². The highest BCUT2D eigenvalue weighted by atomic mass is 35.5. The van der Waals surface area contributed by atoms with Gasteiger partial charge in [-0.3, -0.25) is 4.79 Å². The molecule has 4 nitrogen and oxygen atoms in total. The van der Waals surface area contributed by atoms with Gasteiger partial charge in [0.25, 0.3) is 5.91 Å². The minimum atomic E-state index is 0. The van der Waals surface area contributed by atoms with Crippen molar-refractivity contribution < 1.29 is 9.53 Å². The molecule has 1 aliphatic heterocycles. The SMILES string of the molecule is CC1CN(C(=O)c2cccc(OC3CCCC3)c2)CCN1.Cl. The van der Waals surface area contributed by atoms with E-state index in [2.05, 4.69) is 12.2 Å². The molecule has 22 heavy (non-hydrogen) atoms. The van der Waals surface area contributed by atoms with Crippen molar-refractivity contribution in [3.8, 4) is 5.75 Å². The molecule has 1 saturated carbocycles. The number of carbonyl (C=O) groups excluding carboxylic acids is 1. The molecule has 1 amide bonds. The highest BCUT2D eigenvalue weighted by Gasteiger charge is 2.22. The van der Waals surface area contributed by atoms with Crippen molar-refractivity contribution in [2.45, 2.75) is 44.8 Å². The molecule has 2 fully saturated rings. The van der Waals surface area contributed by atoms with Crippen LogP contribution in [0.1, 0.15) is 43.0 Å². The van der Waals surface area contributed by atoms with Gasteiger partial charge in [-0.05, 0) is 50.8 Å². The Bertz CT molecular complexity index is 503. The van der Waals surface area contributed by atoms with Crippen LogP contribution >= 0.6 is 12.4 Å². The van der Waals surface area contributed by atoms with Gasteiger partial charge in [-0.1, -0.05) is 6.07 Å². The topological polar surface area (TPSA) is 41.6 Å². The maximum atomic E-state index is 12.6. The summed E-state index contributed by atoms with van der Waals surface area (Å²) in [6.45, 7) is 4.52. The molecule has 0 bridgehead atoms. The van der Waals surface area contributed by atoms with Crippen LogP contribution in [0, 0.1) is 0 Å². The molecule has 1 aliphatic carbocycles. The summed E-state index contributed by atoms with van der Waals surface area (Å²) >= 11 is 0. The van der Waals surface area contributed by atoms with Crippen molar-refractivity contribution in [1.29, 1.82) is 0 Å². The van der Waals surface area contributed by atoms with Crippen molar-refractivity contribution in [2.24, 2.45) is 0 Å². The number of amides is 1. The van der Waals surface area contributed by atoms with E-state index in [0.29, 0.717) is 12.1 Å². The molecular formula is C17H25ClN2O2. The highest BCUT2D eigenvalue weighted by Crippen LogP contribution is 2.25. The second-order valence-corrected chi connectivity index (χ2v) is 6.16. The fourth-order valence-corrected chi connectivity index (χ4v) is 3.20. The minimum Gasteiger partial charge on any atom is -0.490 e. The summed E-state index contributed by atoms with van der Waals surface area (Å²) in [5, 5.41) is 3.36. The fourth-order valence-electron chi connectivity index (χ4n) is 3.20. The maximum absolute atomic E-state index is 12.6. The van der Waals surface area contributed by atoms with E-state index < -0.39 is 0 Å². The Morgan fingerprint density at radius 2 is 2.09 bits per heavy atom. The fraction of sp³-hybridized carbons (Fsp3) is 0.588. The number of nitrogens with zero attached hydrogens (tertiary/aromatic N) is 1. The Hall–Kier alpha value is -1.26. The number of halogens is 1. The molecule has 0 aromatic heterocycles. The predicted molar refractivity (Wildman–Crippen MR) is 89.9 cm³/mol. The molecular weight excluding hydrogens is 300 g/mol. The first-order valence-electron chi connectivity index (χ1n) is 8.02. The summed E-state index contributed by atoms with van der Waals surface area (Å²) in [7, 11) is 0. The van der Waals surface area contributed by atoms with E-state index in [1.54, 1.807) is 0 Å². The Labute approximate surface area is 138 Å². The lowest BCUT2D eigenvalue weighted by Crippen LogP contribution is -2.51. The number of carbonyl (C=O) groups is 1. The molecule has 122 valence electrons. The molecule has 1 unspecified atom stereocenters. The van der Waals surface area contributed by atoms with E-state index in [4.69, 9.17) is 4.74 Å². The van der Waals surface area contributed by atoms with Gasteiger partial charge in [0.05, 0.1) is 6.10 Å². The monoisotopic (exact) mass is 324 g/mol. The molecule has 1 saturated heterocycles. The average molecular weight is 325 g/mol. The summed E-state index contributed by atoms with van der Waals surface area (Å²) in [4.78, 5) is 14.5. The number of rotatable bonds is 3. The van der Waals surface area contributed by atoms with Crippen molar-refractivity contribution in [3.63, 3.8) is 0 Å². The highest BCUT2D eigenvalue weighted by molar-refractivity contribution is 5.94. The summed E-state index contributed by atoms with van der Waals surface area (Å²) in [5.74, 6) is 0.941. The first-order valence-corrected chi connectivity index (χ1v) is 8.02. The molecule has 1 atom stereocenters. The van der Waals surface area contributed by atoms with Crippen molar-refractivity contribution in [3.05, 3.63) is 29.8 Å². The van der Waals surface area contributed by atoms with Crippen molar-refractivity contribution in [2.75, 3.05) is 19.6 Å². The van der Waals surface area contributed by atoms with Crippen LogP contribution in [0.5, 0.6) is 5.75 Å². The van der Waals surface area contributed by atoms with Gasteiger partial charge in [0.1, 0.15) is 5.75 Å². The van der Waals surface area contributed by atoms with Gasteiger partial charge in [-0.2, -0.15) is 0 Å². The summed E-state index contributed by atoms with van der Waals surface area (Å²) in [6.07, 6.45) is 5.10. The predicted octanol–water partition coefficient (Wildman–Crippen LogP) is 2.86. The van der Waals surface area contributed by atoms with Crippen LogP contribution in [-0.2, 0) is 0 Å². The molecule has 1 aromatic carbocycles. The maximum Gasteiger partial charge on any atom is 0.254 e. The van der Waals surface area contributed by atoms with Gasteiger partial charge in [0.15, 0.2) is 0 Å². The number of benzene rings is 1. The van der Waals surface area contributed by atoms with E-state index in [9.17, 15) is 4.79 Å². The largest absolute Gasteiger partial charge is 0.490 e. The number of piperazine rings is 1. The van der Waals surface area contributed by atoms with Gasteiger partial charge in [-0.25, -0.2) is 0 Å². The average Bonchev–Trinajstić information content (AvgIpc) is 3.00. The zero-order valence-corrected chi connectivity index (χ0v) is 13.9. The number of nitrogens with one attached hydrogen (secondary N) is 1. The molecule has 0 spiro atoms. The van der Waals surface area contributed by atoms with Crippen molar-refractivity contribution in [1.82, 2.24) is 10.2 Å². The molecule has 1 N–H and O–H groups in total. The van der Waals surface area contributed by atoms with E-state index in [1.807, 2.05) is 29.2 Å². The van der Waals surface area contributed by atoms with Crippen LogP contribution in [0.25, 0.3) is 0 Å². The minimum absolute atomic E-state index is 0. The second kappa shape index (κ2) is 7.84. The summed E-state index contributed by atoms with van der Waals surface area (Å²) < 4.78 is 5.99.